The highest BCUT2D eigenvalue weighted by Crippen LogP contribution is 2.34. The standard InChI is InChI=1S/C15H25N2O3P/c1-5-8-15(16-4)14(6-2)10-9-13(3)17-11-7-12-21(18,19)20/h5-6,8-10,13,17H,2,4,7,11-12H2,1,3H3,(H2,18,19,20)/b8-5-,10-9-,15-14-. The molecule has 6 heteroatoms. The van der Waals surface area contributed by atoms with E-state index in [1.807, 2.05) is 38.2 Å². The lowest BCUT2D eigenvalue weighted by atomic mass is 10.1. The molecule has 0 aromatic rings. The molecule has 0 spiro atoms. The van der Waals surface area contributed by atoms with Crippen LogP contribution in [0.3, 0.4) is 0 Å². The molecule has 0 aliphatic rings. The zero-order valence-electron chi connectivity index (χ0n) is 12.7. The molecule has 1 atom stereocenters. The molecule has 0 saturated carbocycles. The van der Waals surface area contributed by atoms with Crippen LogP contribution in [0.15, 0.2) is 53.2 Å². The van der Waals surface area contributed by atoms with Crippen LogP contribution >= 0.6 is 7.60 Å². The fourth-order valence-electron chi connectivity index (χ4n) is 1.59. The molecule has 0 amide bonds. The fourth-order valence-corrected chi connectivity index (χ4v) is 2.16. The first-order valence-electron chi connectivity index (χ1n) is 6.76. The summed E-state index contributed by atoms with van der Waals surface area (Å²) in [5, 5.41) is 3.17. The Balaban J connectivity index is 4.47. The van der Waals surface area contributed by atoms with Gasteiger partial charge < -0.3 is 15.1 Å². The van der Waals surface area contributed by atoms with Crippen LogP contribution in [-0.4, -0.2) is 35.3 Å². The van der Waals surface area contributed by atoms with E-state index in [1.54, 1.807) is 6.08 Å². The Labute approximate surface area is 127 Å². The zero-order chi connectivity index (χ0) is 16.3. The lowest BCUT2D eigenvalue weighted by Crippen LogP contribution is -2.25. The van der Waals surface area contributed by atoms with Crippen LogP contribution in [0.4, 0.5) is 0 Å². The largest absolute Gasteiger partial charge is 0.325 e. The molecule has 0 bridgehead atoms. The molecule has 0 fully saturated rings. The van der Waals surface area contributed by atoms with E-state index in [-0.39, 0.29) is 12.2 Å². The summed E-state index contributed by atoms with van der Waals surface area (Å²) in [5.74, 6) is 0. The van der Waals surface area contributed by atoms with Crippen LogP contribution < -0.4 is 5.32 Å². The first kappa shape index (κ1) is 19.7. The summed E-state index contributed by atoms with van der Waals surface area (Å²) in [4.78, 5) is 21.5. The van der Waals surface area contributed by atoms with Crippen LogP contribution in [-0.2, 0) is 4.57 Å². The van der Waals surface area contributed by atoms with Gasteiger partial charge in [0.25, 0.3) is 0 Å². The van der Waals surface area contributed by atoms with Gasteiger partial charge in [0.1, 0.15) is 0 Å². The number of hydrogen-bond donors (Lipinski definition) is 3. The minimum Gasteiger partial charge on any atom is -0.324 e. The van der Waals surface area contributed by atoms with E-state index in [1.165, 1.54) is 0 Å². The van der Waals surface area contributed by atoms with Crippen molar-refractivity contribution in [2.75, 3.05) is 12.7 Å². The van der Waals surface area contributed by atoms with Gasteiger partial charge >= 0.3 is 7.60 Å². The first-order chi connectivity index (χ1) is 9.84. The predicted molar refractivity (Wildman–Crippen MR) is 89.7 cm³/mol. The molecule has 118 valence electrons. The number of rotatable bonds is 10. The van der Waals surface area contributed by atoms with Gasteiger partial charge in [0, 0.05) is 6.04 Å². The van der Waals surface area contributed by atoms with Gasteiger partial charge in [-0.05, 0) is 45.2 Å². The summed E-state index contributed by atoms with van der Waals surface area (Å²) in [6.07, 6.45) is 9.63. The number of aliphatic imine (C=N–C) groups is 1. The average Bonchev–Trinajstić information content (AvgIpc) is 2.41. The smallest absolute Gasteiger partial charge is 0.324 e. The van der Waals surface area contributed by atoms with Crippen molar-refractivity contribution in [2.45, 2.75) is 26.3 Å². The van der Waals surface area contributed by atoms with Gasteiger partial charge in [-0.1, -0.05) is 30.9 Å². The lowest BCUT2D eigenvalue weighted by molar-refractivity contribution is 0.371. The SMILES string of the molecule is C=CC(/C=C\C(C)NCCCP(=O)(O)O)=C(\C=C/C)N=C. The Morgan fingerprint density at radius 2 is 2.10 bits per heavy atom. The maximum atomic E-state index is 10.7. The maximum Gasteiger partial charge on any atom is 0.325 e. The van der Waals surface area contributed by atoms with Crippen molar-refractivity contribution in [1.29, 1.82) is 0 Å². The number of hydrogen-bond acceptors (Lipinski definition) is 3. The van der Waals surface area contributed by atoms with Crippen molar-refractivity contribution in [3.8, 4) is 0 Å². The lowest BCUT2D eigenvalue weighted by Gasteiger charge is -2.10. The zero-order valence-corrected chi connectivity index (χ0v) is 13.6. The van der Waals surface area contributed by atoms with Gasteiger partial charge in [-0.2, -0.15) is 0 Å². The molecule has 1 unspecified atom stereocenters. The summed E-state index contributed by atoms with van der Waals surface area (Å²) in [7, 11) is -3.89. The van der Waals surface area contributed by atoms with Crippen LogP contribution in [0.5, 0.6) is 0 Å². The molecule has 0 heterocycles. The molecular weight excluding hydrogens is 287 g/mol. The van der Waals surface area contributed by atoms with E-state index in [0.717, 1.165) is 11.3 Å². The van der Waals surface area contributed by atoms with Crippen molar-refractivity contribution >= 4 is 14.3 Å². The van der Waals surface area contributed by atoms with E-state index in [0.29, 0.717) is 13.0 Å². The molecule has 0 aromatic heterocycles. The highest BCUT2D eigenvalue weighted by molar-refractivity contribution is 7.51. The Hall–Kier alpha value is -1.26. The van der Waals surface area contributed by atoms with Crippen LogP contribution in [0, 0.1) is 0 Å². The molecular formula is C15H25N2O3P. The van der Waals surface area contributed by atoms with E-state index in [4.69, 9.17) is 9.79 Å². The van der Waals surface area contributed by atoms with E-state index in [9.17, 15) is 4.57 Å². The second-order valence-electron chi connectivity index (χ2n) is 4.55. The molecule has 5 nitrogen and oxygen atoms in total. The highest BCUT2D eigenvalue weighted by Gasteiger charge is 2.11. The van der Waals surface area contributed by atoms with Crippen LogP contribution in [0.25, 0.3) is 0 Å². The Morgan fingerprint density at radius 3 is 2.57 bits per heavy atom. The summed E-state index contributed by atoms with van der Waals surface area (Å²) in [5.41, 5.74) is 1.62. The summed E-state index contributed by atoms with van der Waals surface area (Å²) < 4.78 is 10.7. The van der Waals surface area contributed by atoms with Crippen molar-refractivity contribution in [3.63, 3.8) is 0 Å². The summed E-state index contributed by atoms with van der Waals surface area (Å²) >= 11 is 0. The normalized spacial score (nSPS) is 15.2. The van der Waals surface area contributed by atoms with Gasteiger partial charge in [0.2, 0.25) is 0 Å². The van der Waals surface area contributed by atoms with Gasteiger partial charge in [0.05, 0.1) is 11.9 Å². The molecule has 0 rings (SSSR count). The van der Waals surface area contributed by atoms with Gasteiger partial charge in [-0.25, -0.2) is 0 Å². The van der Waals surface area contributed by atoms with Crippen molar-refractivity contribution in [3.05, 3.63) is 48.2 Å². The third kappa shape index (κ3) is 10.2. The summed E-state index contributed by atoms with van der Waals surface area (Å²) in [6, 6.07) is 0.0772. The Bertz CT molecular complexity index is 475. The van der Waals surface area contributed by atoms with Crippen LogP contribution in [0.2, 0.25) is 0 Å². The van der Waals surface area contributed by atoms with Crippen LogP contribution in [0.1, 0.15) is 20.3 Å². The molecule has 0 aliphatic heterocycles. The molecule has 0 saturated heterocycles. The maximum absolute atomic E-state index is 10.7. The Morgan fingerprint density at radius 1 is 1.43 bits per heavy atom. The van der Waals surface area contributed by atoms with Crippen molar-refractivity contribution in [2.24, 2.45) is 4.99 Å². The average molecular weight is 312 g/mol. The highest BCUT2D eigenvalue weighted by atomic mass is 31.2. The van der Waals surface area contributed by atoms with Gasteiger partial charge in [-0.15, -0.1) is 0 Å². The third-order valence-corrected chi connectivity index (χ3v) is 3.57. The minimum absolute atomic E-state index is 0.0772. The quantitative estimate of drug-likeness (QED) is 0.251. The number of nitrogens with one attached hydrogen (secondary N) is 1. The third-order valence-electron chi connectivity index (χ3n) is 2.67. The second-order valence-corrected chi connectivity index (χ2v) is 6.32. The van der Waals surface area contributed by atoms with Crippen molar-refractivity contribution in [1.82, 2.24) is 5.32 Å². The number of nitrogens with zero attached hydrogens (tertiary/aromatic N) is 1. The fraction of sp³-hybridized carbons (Fsp3) is 0.400. The molecule has 21 heavy (non-hydrogen) atoms. The van der Waals surface area contributed by atoms with Gasteiger partial charge in [-0.3, -0.25) is 9.56 Å². The molecule has 0 aliphatic carbocycles. The van der Waals surface area contributed by atoms with E-state index >= 15 is 0 Å². The topological polar surface area (TPSA) is 81.9 Å². The number of allylic oxidation sites excluding steroid dienone is 5. The summed E-state index contributed by atoms with van der Waals surface area (Å²) in [6.45, 7) is 11.7. The van der Waals surface area contributed by atoms with E-state index < -0.39 is 7.60 Å². The Kier molecular flexibility index (Phi) is 9.84. The first-order valence-corrected chi connectivity index (χ1v) is 8.56. The minimum atomic E-state index is -3.89. The van der Waals surface area contributed by atoms with E-state index in [2.05, 4.69) is 23.6 Å². The predicted octanol–water partition coefficient (Wildman–Crippen LogP) is 2.81. The molecule has 0 radical (unpaired) electrons. The monoisotopic (exact) mass is 312 g/mol. The van der Waals surface area contributed by atoms with Crippen molar-refractivity contribution < 1.29 is 14.4 Å². The molecule has 3 N–H and O–H groups in total. The van der Waals surface area contributed by atoms with Gasteiger partial charge in [0.15, 0.2) is 0 Å². The second kappa shape index (κ2) is 10.5. The molecule has 0 aromatic carbocycles.